The molecule has 3 rings (SSSR count). The third-order valence-electron chi connectivity index (χ3n) is 5.81. The van der Waals surface area contributed by atoms with Crippen molar-refractivity contribution in [1.82, 2.24) is 0 Å². The van der Waals surface area contributed by atoms with E-state index in [1.807, 2.05) is 31.2 Å². The number of ether oxygens (including phenoxy) is 1. The molecule has 5 nitrogen and oxygen atoms in total. The summed E-state index contributed by atoms with van der Waals surface area (Å²) in [6.07, 6.45) is 4.06. The Morgan fingerprint density at radius 1 is 1.43 bits per heavy atom. The molecule has 1 aromatic carbocycles. The molecule has 1 aliphatic heterocycles. The van der Waals surface area contributed by atoms with Gasteiger partial charge >= 0.3 is 5.97 Å². The molecule has 1 saturated carbocycles. The fourth-order valence-corrected chi connectivity index (χ4v) is 4.22. The monoisotopic (exact) mass is 384 g/mol. The molecule has 1 heterocycles. The molecule has 0 aromatic heterocycles. The number of hydrogen-bond donors (Lipinski definition) is 3. The SMILES string of the molecule is CC#CC[C@@H](C)[C@H](O)/C=C/[C@@H]1[C@H]2c3cccc(CCC(=O)O)c3O[C@H]2C[C@H]1O. The van der Waals surface area contributed by atoms with E-state index in [1.165, 1.54) is 0 Å². The van der Waals surface area contributed by atoms with Gasteiger partial charge in [0.05, 0.1) is 12.2 Å². The fraction of sp³-hybridized carbons (Fsp3) is 0.522. The second-order valence-corrected chi connectivity index (χ2v) is 7.78. The van der Waals surface area contributed by atoms with Gasteiger partial charge < -0.3 is 20.1 Å². The Labute approximate surface area is 166 Å². The summed E-state index contributed by atoms with van der Waals surface area (Å²) in [7, 11) is 0. The molecule has 0 saturated heterocycles. The Morgan fingerprint density at radius 2 is 2.21 bits per heavy atom. The first-order valence-electron chi connectivity index (χ1n) is 9.86. The predicted octanol–water partition coefficient (Wildman–Crippen LogP) is 2.90. The molecule has 150 valence electrons. The summed E-state index contributed by atoms with van der Waals surface area (Å²) in [6, 6.07) is 5.83. The van der Waals surface area contributed by atoms with Crippen LogP contribution in [0.15, 0.2) is 30.4 Å². The molecular formula is C23H28O5. The number of fused-ring (bicyclic) bond motifs is 3. The smallest absolute Gasteiger partial charge is 0.303 e. The lowest BCUT2D eigenvalue weighted by molar-refractivity contribution is -0.136. The predicted molar refractivity (Wildman–Crippen MR) is 106 cm³/mol. The van der Waals surface area contributed by atoms with Gasteiger partial charge in [-0.3, -0.25) is 4.79 Å². The number of aliphatic hydroxyl groups is 2. The van der Waals surface area contributed by atoms with Gasteiger partial charge in [-0.1, -0.05) is 37.3 Å². The molecule has 5 heteroatoms. The summed E-state index contributed by atoms with van der Waals surface area (Å²) in [5.41, 5.74) is 1.93. The zero-order valence-electron chi connectivity index (χ0n) is 16.3. The van der Waals surface area contributed by atoms with Crippen LogP contribution in [0.25, 0.3) is 0 Å². The number of carboxylic acids is 1. The second kappa shape index (κ2) is 8.81. The maximum atomic E-state index is 10.9. The number of benzene rings is 1. The van der Waals surface area contributed by atoms with E-state index < -0.39 is 18.2 Å². The van der Waals surface area contributed by atoms with E-state index in [4.69, 9.17) is 9.84 Å². The second-order valence-electron chi connectivity index (χ2n) is 7.78. The van der Waals surface area contributed by atoms with Crippen molar-refractivity contribution in [2.24, 2.45) is 11.8 Å². The van der Waals surface area contributed by atoms with Crippen molar-refractivity contribution in [3.63, 3.8) is 0 Å². The molecule has 2 aliphatic rings. The van der Waals surface area contributed by atoms with Crippen molar-refractivity contribution in [2.75, 3.05) is 0 Å². The van der Waals surface area contributed by atoms with Gasteiger partial charge in [0.2, 0.25) is 0 Å². The van der Waals surface area contributed by atoms with Crippen LogP contribution in [0, 0.1) is 23.7 Å². The number of para-hydroxylation sites is 1. The molecular weight excluding hydrogens is 356 g/mol. The summed E-state index contributed by atoms with van der Waals surface area (Å²) < 4.78 is 6.13. The molecule has 0 amide bonds. The van der Waals surface area contributed by atoms with Crippen molar-refractivity contribution in [3.8, 4) is 17.6 Å². The maximum Gasteiger partial charge on any atom is 0.303 e. The number of aliphatic carboxylic acids is 1. The summed E-state index contributed by atoms with van der Waals surface area (Å²) >= 11 is 0. The minimum Gasteiger partial charge on any atom is -0.489 e. The summed E-state index contributed by atoms with van der Waals surface area (Å²) in [5.74, 6) is 5.67. The van der Waals surface area contributed by atoms with Gasteiger partial charge in [-0.15, -0.1) is 11.8 Å². The van der Waals surface area contributed by atoms with Gasteiger partial charge in [0, 0.05) is 36.7 Å². The van der Waals surface area contributed by atoms with Crippen LogP contribution >= 0.6 is 0 Å². The topological polar surface area (TPSA) is 87.0 Å². The van der Waals surface area contributed by atoms with Crippen molar-refractivity contribution in [1.29, 1.82) is 0 Å². The first-order valence-corrected chi connectivity index (χ1v) is 9.86. The van der Waals surface area contributed by atoms with Crippen LogP contribution in [0.1, 0.15) is 50.2 Å². The minimum absolute atomic E-state index is 0.0176. The highest BCUT2D eigenvalue weighted by Crippen LogP contribution is 2.52. The Hall–Kier alpha value is -2.29. The maximum absolute atomic E-state index is 10.9. The van der Waals surface area contributed by atoms with Gasteiger partial charge in [0.1, 0.15) is 11.9 Å². The number of aliphatic hydroxyl groups excluding tert-OH is 2. The highest BCUT2D eigenvalue weighted by molar-refractivity contribution is 5.67. The van der Waals surface area contributed by atoms with E-state index in [0.717, 1.165) is 16.9 Å². The van der Waals surface area contributed by atoms with Gasteiger partial charge in [0.15, 0.2) is 0 Å². The Morgan fingerprint density at radius 3 is 2.93 bits per heavy atom. The third kappa shape index (κ3) is 4.24. The molecule has 0 spiro atoms. The Kier molecular flexibility index (Phi) is 6.43. The standard InChI is InChI=1S/C23H28O5/c1-3-4-6-14(2)18(24)11-10-16-19(25)13-20-22(16)17-8-5-7-15(23(17)28-20)9-12-21(26)27/h5,7-8,10-11,14,16,18-20,22,24-25H,6,9,12-13H2,1-2H3,(H,26,27)/b11-10+/t14-,16+,18-,19-,20+,22+/m1/s1. The average molecular weight is 384 g/mol. The van der Waals surface area contributed by atoms with Crippen LogP contribution in [0.2, 0.25) is 0 Å². The van der Waals surface area contributed by atoms with Crippen LogP contribution < -0.4 is 4.74 Å². The van der Waals surface area contributed by atoms with E-state index in [0.29, 0.717) is 19.3 Å². The molecule has 1 aliphatic carbocycles. The molecule has 6 atom stereocenters. The Balaban J connectivity index is 1.78. The van der Waals surface area contributed by atoms with Crippen molar-refractivity contribution in [2.45, 2.75) is 63.8 Å². The lowest BCUT2D eigenvalue weighted by atomic mass is 9.86. The molecule has 1 fully saturated rings. The normalized spacial score (nSPS) is 27.4. The summed E-state index contributed by atoms with van der Waals surface area (Å²) in [6.45, 7) is 3.74. The van der Waals surface area contributed by atoms with Crippen molar-refractivity contribution < 1.29 is 24.9 Å². The van der Waals surface area contributed by atoms with E-state index in [9.17, 15) is 15.0 Å². The largest absolute Gasteiger partial charge is 0.489 e. The van der Waals surface area contributed by atoms with Crippen LogP contribution in [0.5, 0.6) is 5.75 Å². The van der Waals surface area contributed by atoms with Gasteiger partial charge in [0.25, 0.3) is 0 Å². The highest BCUT2D eigenvalue weighted by atomic mass is 16.5. The lowest BCUT2D eigenvalue weighted by Gasteiger charge is -2.19. The number of hydrogen-bond acceptors (Lipinski definition) is 4. The molecule has 0 radical (unpaired) electrons. The molecule has 1 aromatic rings. The highest BCUT2D eigenvalue weighted by Gasteiger charge is 2.48. The van der Waals surface area contributed by atoms with Crippen LogP contribution in [-0.2, 0) is 11.2 Å². The van der Waals surface area contributed by atoms with Gasteiger partial charge in [-0.25, -0.2) is 0 Å². The van der Waals surface area contributed by atoms with Crippen LogP contribution in [-0.4, -0.2) is 39.6 Å². The van der Waals surface area contributed by atoms with Gasteiger partial charge in [-0.05, 0) is 24.8 Å². The van der Waals surface area contributed by atoms with E-state index in [-0.39, 0.29) is 30.3 Å². The quantitative estimate of drug-likeness (QED) is 0.497. The van der Waals surface area contributed by atoms with E-state index in [2.05, 4.69) is 11.8 Å². The number of rotatable bonds is 7. The van der Waals surface area contributed by atoms with Crippen molar-refractivity contribution in [3.05, 3.63) is 41.5 Å². The zero-order valence-corrected chi connectivity index (χ0v) is 16.3. The minimum atomic E-state index is -0.831. The summed E-state index contributed by atoms with van der Waals surface area (Å²) in [4.78, 5) is 10.9. The lowest BCUT2D eigenvalue weighted by Crippen LogP contribution is -2.19. The number of carboxylic acid groups (broad SMARTS) is 1. The van der Waals surface area contributed by atoms with Crippen LogP contribution in [0.3, 0.4) is 0 Å². The fourth-order valence-electron chi connectivity index (χ4n) is 4.22. The van der Waals surface area contributed by atoms with Crippen LogP contribution in [0.4, 0.5) is 0 Å². The summed E-state index contributed by atoms with van der Waals surface area (Å²) in [5, 5.41) is 29.9. The van der Waals surface area contributed by atoms with E-state index >= 15 is 0 Å². The van der Waals surface area contributed by atoms with E-state index in [1.54, 1.807) is 13.0 Å². The zero-order chi connectivity index (χ0) is 20.3. The number of aryl methyl sites for hydroxylation is 1. The van der Waals surface area contributed by atoms with Crippen molar-refractivity contribution >= 4 is 5.97 Å². The molecule has 3 N–H and O–H groups in total. The average Bonchev–Trinajstić information content (AvgIpc) is 3.17. The molecule has 0 bridgehead atoms. The third-order valence-corrected chi connectivity index (χ3v) is 5.81. The van der Waals surface area contributed by atoms with Gasteiger partial charge in [-0.2, -0.15) is 0 Å². The molecule has 0 unspecified atom stereocenters. The first kappa shape index (κ1) is 20.4. The number of carbonyl (C=O) groups is 1. The first-order chi connectivity index (χ1) is 13.4. The Bertz CT molecular complexity index is 803. The molecule has 28 heavy (non-hydrogen) atoms.